The molecule has 1 aromatic heterocycles. The molecule has 2 nitrogen and oxygen atoms in total. The van der Waals surface area contributed by atoms with Crippen LogP contribution in [0.3, 0.4) is 0 Å². The summed E-state index contributed by atoms with van der Waals surface area (Å²) in [6, 6.07) is 6.21. The Bertz CT molecular complexity index is 758. The number of aryl methyl sites for hydroxylation is 1. The lowest BCUT2D eigenvalue weighted by Crippen LogP contribution is -2.20. The molecule has 0 saturated heterocycles. The van der Waals surface area contributed by atoms with Crippen LogP contribution in [-0.2, 0) is 6.18 Å². The normalized spacial score (nSPS) is 18.4. The molecule has 0 aliphatic heterocycles. The van der Waals surface area contributed by atoms with Gasteiger partial charge in [-0.15, -0.1) is 0 Å². The summed E-state index contributed by atoms with van der Waals surface area (Å²) < 4.78 is 39.2. The first-order valence-electron chi connectivity index (χ1n) is 10.7. The van der Waals surface area contributed by atoms with Gasteiger partial charge in [-0.2, -0.15) is 13.2 Å². The van der Waals surface area contributed by atoms with Crippen LogP contribution in [0, 0.1) is 6.92 Å². The smallest absolute Gasteiger partial charge is 0.382 e. The summed E-state index contributed by atoms with van der Waals surface area (Å²) in [5.74, 6) is 0. The number of aromatic nitrogens is 1. The minimum absolute atomic E-state index is 0.367. The number of fused-ring (bicyclic) bond motifs is 1. The number of halogens is 3. The highest BCUT2D eigenvalue weighted by Crippen LogP contribution is 2.33. The second-order valence-corrected chi connectivity index (χ2v) is 8.14. The molecule has 2 aromatic rings. The van der Waals surface area contributed by atoms with E-state index in [1.165, 1.54) is 57.8 Å². The maximum Gasteiger partial charge on any atom is 0.416 e. The van der Waals surface area contributed by atoms with Crippen molar-refractivity contribution in [2.45, 2.75) is 89.8 Å². The van der Waals surface area contributed by atoms with Crippen molar-refractivity contribution in [3.63, 3.8) is 0 Å². The molecule has 3 rings (SSSR count). The Morgan fingerprint density at radius 3 is 2.00 bits per heavy atom. The van der Waals surface area contributed by atoms with Gasteiger partial charge in [0.1, 0.15) is 0 Å². The number of anilines is 1. The van der Waals surface area contributed by atoms with Gasteiger partial charge in [0.2, 0.25) is 0 Å². The number of hydrogen-bond donors (Lipinski definition) is 1. The van der Waals surface area contributed by atoms with Crippen molar-refractivity contribution in [3.05, 3.63) is 35.5 Å². The predicted octanol–water partition coefficient (Wildman–Crippen LogP) is 7.65. The van der Waals surface area contributed by atoms with E-state index in [0.717, 1.165) is 41.7 Å². The Balaban J connectivity index is 1.80. The summed E-state index contributed by atoms with van der Waals surface area (Å²) in [7, 11) is 0. The number of rotatable bonds is 2. The maximum absolute atomic E-state index is 13.1. The van der Waals surface area contributed by atoms with Crippen LogP contribution in [0.2, 0.25) is 0 Å². The maximum atomic E-state index is 13.1. The van der Waals surface area contributed by atoms with Gasteiger partial charge in [0.05, 0.1) is 11.1 Å². The van der Waals surface area contributed by atoms with Gasteiger partial charge < -0.3 is 5.32 Å². The number of pyridine rings is 1. The van der Waals surface area contributed by atoms with Gasteiger partial charge in [0, 0.05) is 22.8 Å². The van der Waals surface area contributed by atoms with E-state index in [1.807, 2.05) is 13.0 Å². The van der Waals surface area contributed by atoms with E-state index in [2.05, 4.69) is 10.3 Å². The molecular formula is C23H31F3N2. The molecule has 1 aliphatic rings. The Hall–Kier alpha value is -1.78. The molecule has 5 heteroatoms. The lowest BCUT2D eigenvalue weighted by Gasteiger charge is -2.22. The van der Waals surface area contributed by atoms with Crippen molar-refractivity contribution in [3.8, 4) is 0 Å². The van der Waals surface area contributed by atoms with Crippen molar-refractivity contribution in [1.82, 2.24) is 4.98 Å². The molecule has 0 bridgehead atoms. The number of hydrogen-bond acceptors (Lipinski definition) is 2. The quantitative estimate of drug-likeness (QED) is 0.568. The molecule has 1 fully saturated rings. The molecule has 1 aliphatic carbocycles. The van der Waals surface area contributed by atoms with Crippen LogP contribution in [0.25, 0.3) is 10.9 Å². The first kappa shape index (κ1) is 20.9. The molecule has 154 valence electrons. The zero-order valence-corrected chi connectivity index (χ0v) is 16.7. The number of benzene rings is 1. The van der Waals surface area contributed by atoms with Crippen LogP contribution in [0.4, 0.5) is 18.9 Å². The molecule has 0 radical (unpaired) electrons. The van der Waals surface area contributed by atoms with Crippen molar-refractivity contribution >= 4 is 16.6 Å². The molecule has 0 amide bonds. The summed E-state index contributed by atoms with van der Waals surface area (Å²) in [6.45, 7) is 1.84. The van der Waals surface area contributed by atoms with Crippen molar-refractivity contribution in [2.75, 3.05) is 5.32 Å². The van der Waals surface area contributed by atoms with Gasteiger partial charge in [-0.05, 0) is 38.0 Å². The SMILES string of the molecule is Cc1cc(NC2CCCCCCCCCCC2)c2ccc(C(F)(F)F)cc2n1. The fraction of sp³-hybridized carbons (Fsp3) is 0.609. The standard InChI is InChI=1S/C23H31F3N2/c1-17-15-21(20-14-13-18(23(24,25)26)16-22(20)27-17)28-19-11-9-7-5-3-2-4-6-8-10-12-19/h13-16,19H,2-12H2,1H3,(H,27,28). The third kappa shape index (κ3) is 5.86. The second kappa shape index (κ2) is 9.62. The molecular weight excluding hydrogens is 361 g/mol. The Labute approximate surface area is 165 Å². The van der Waals surface area contributed by atoms with Gasteiger partial charge >= 0.3 is 6.18 Å². The fourth-order valence-electron chi connectivity index (χ4n) is 4.18. The zero-order valence-electron chi connectivity index (χ0n) is 16.7. The van der Waals surface area contributed by atoms with E-state index in [9.17, 15) is 13.2 Å². The summed E-state index contributed by atoms with van der Waals surface area (Å²) >= 11 is 0. The lowest BCUT2D eigenvalue weighted by molar-refractivity contribution is -0.137. The zero-order chi connectivity index (χ0) is 20.0. The molecule has 1 aromatic carbocycles. The molecule has 1 heterocycles. The van der Waals surface area contributed by atoms with Crippen molar-refractivity contribution in [2.24, 2.45) is 0 Å². The minimum atomic E-state index is -4.35. The van der Waals surface area contributed by atoms with Crippen molar-refractivity contribution < 1.29 is 13.2 Å². The molecule has 0 atom stereocenters. The molecule has 1 saturated carbocycles. The summed E-state index contributed by atoms with van der Waals surface area (Å²) in [4.78, 5) is 4.35. The third-order valence-electron chi connectivity index (χ3n) is 5.73. The van der Waals surface area contributed by atoms with Crippen LogP contribution in [0.1, 0.15) is 81.9 Å². The van der Waals surface area contributed by atoms with E-state index in [-0.39, 0.29) is 0 Å². The van der Waals surface area contributed by atoms with E-state index < -0.39 is 11.7 Å². The van der Waals surface area contributed by atoms with Crippen LogP contribution in [-0.4, -0.2) is 11.0 Å². The Morgan fingerprint density at radius 1 is 0.857 bits per heavy atom. The first-order chi connectivity index (χ1) is 13.4. The van der Waals surface area contributed by atoms with Gasteiger partial charge in [0.15, 0.2) is 0 Å². The first-order valence-corrected chi connectivity index (χ1v) is 10.7. The van der Waals surface area contributed by atoms with Gasteiger partial charge in [-0.25, -0.2) is 0 Å². The Morgan fingerprint density at radius 2 is 1.43 bits per heavy atom. The average molecular weight is 393 g/mol. The largest absolute Gasteiger partial charge is 0.416 e. The molecule has 1 N–H and O–H groups in total. The van der Waals surface area contributed by atoms with Crippen LogP contribution in [0.5, 0.6) is 0 Å². The number of nitrogens with zero attached hydrogens (tertiary/aromatic N) is 1. The predicted molar refractivity (Wildman–Crippen MR) is 110 cm³/mol. The topological polar surface area (TPSA) is 24.9 Å². The van der Waals surface area contributed by atoms with Crippen LogP contribution >= 0.6 is 0 Å². The van der Waals surface area contributed by atoms with E-state index in [0.29, 0.717) is 11.6 Å². The van der Waals surface area contributed by atoms with Crippen LogP contribution < -0.4 is 5.32 Å². The minimum Gasteiger partial charge on any atom is -0.382 e. The molecule has 28 heavy (non-hydrogen) atoms. The monoisotopic (exact) mass is 392 g/mol. The van der Waals surface area contributed by atoms with Gasteiger partial charge in [-0.3, -0.25) is 4.98 Å². The molecule has 0 spiro atoms. The van der Waals surface area contributed by atoms with Crippen LogP contribution in [0.15, 0.2) is 24.3 Å². The number of alkyl halides is 3. The van der Waals surface area contributed by atoms with E-state index in [1.54, 1.807) is 6.07 Å². The number of nitrogens with one attached hydrogen (secondary N) is 1. The summed E-state index contributed by atoms with van der Waals surface area (Å²) in [5.41, 5.74) is 1.41. The van der Waals surface area contributed by atoms with Gasteiger partial charge in [0.25, 0.3) is 0 Å². The summed E-state index contributed by atoms with van der Waals surface area (Å²) in [5, 5.41) is 4.42. The highest BCUT2D eigenvalue weighted by molar-refractivity contribution is 5.92. The molecule has 0 unspecified atom stereocenters. The highest BCUT2D eigenvalue weighted by atomic mass is 19.4. The van der Waals surface area contributed by atoms with Crippen molar-refractivity contribution in [1.29, 1.82) is 0 Å². The fourth-order valence-corrected chi connectivity index (χ4v) is 4.18. The Kier molecular flexibility index (Phi) is 7.19. The van der Waals surface area contributed by atoms with E-state index in [4.69, 9.17) is 0 Å². The summed E-state index contributed by atoms with van der Waals surface area (Å²) in [6.07, 6.45) is 9.50. The third-order valence-corrected chi connectivity index (χ3v) is 5.73. The second-order valence-electron chi connectivity index (χ2n) is 8.14. The highest BCUT2D eigenvalue weighted by Gasteiger charge is 2.30. The van der Waals surface area contributed by atoms with E-state index >= 15 is 0 Å². The average Bonchev–Trinajstić information content (AvgIpc) is 2.62. The lowest BCUT2D eigenvalue weighted by atomic mass is 9.97. The van der Waals surface area contributed by atoms with Gasteiger partial charge in [-0.1, -0.05) is 63.9 Å².